The van der Waals surface area contributed by atoms with E-state index in [-0.39, 0.29) is 35.6 Å². The fraction of sp³-hybridized carbons (Fsp3) is 0.188. The normalized spacial score (nSPS) is 10.8. The summed E-state index contributed by atoms with van der Waals surface area (Å²) in [5.41, 5.74) is -0.568. The average molecular weight is 314 g/mol. The largest absolute Gasteiger partial charge is 0.492 e. The van der Waals surface area contributed by atoms with Crippen molar-refractivity contribution in [2.45, 2.75) is 13.5 Å². The first-order valence-corrected chi connectivity index (χ1v) is 6.97. The Labute approximate surface area is 130 Å². The molecule has 0 spiro atoms. The first-order chi connectivity index (χ1) is 11.1. The van der Waals surface area contributed by atoms with Gasteiger partial charge in [-0.15, -0.1) is 0 Å². The molecule has 0 saturated carbocycles. The van der Waals surface area contributed by atoms with Gasteiger partial charge in [0.25, 0.3) is 5.56 Å². The lowest BCUT2D eigenvalue weighted by Gasteiger charge is -2.07. The number of fused-ring (bicyclic) bond motifs is 1. The van der Waals surface area contributed by atoms with Gasteiger partial charge in [-0.1, -0.05) is 18.2 Å². The summed E-state index contributed by atoms with van der Waals surface area (Å²) in [6.45, 7) is 2.00. The number of nitrogens with zero attached hydrogens (tertiary/aromatic N) is 2. The Morgan fingerprint density at radius 3 is 2.78 bits per heavy atom. The summed E-state index contributed by atoms with van der Waals surface area (Å²) in [5, 5.41) is 9.22. The Kier molecular flexibility index (Phi) is 3.84. The standard InChI is InChI=1S/C16H14N2O5/c1-10-12(16(20)21)13-14(23-10)17-9-18(15(13)19)7-8-22-11-5-3-2-4-6-11/h2-6,9H,7-8H2,1H3,(H,20,21). The van der Waals surface area contributed by atoms with E-state index in [1.807, 2.05) is 30.3 Å². The van der Waals surface area contributed by atoms with Crippen LogP contribution in [0.1, 0.15) is 16.1 Å². The van der Waals surface area contributed by atoms with Crippen LogP contribution in [0.2, 0.25) is 0 Å². The highest BCUT2D eigenvalue weighted by Crippen LogP contribution is 2.20. The number of hydrogen-bond donors (Lipinski definition) is 1. The molecule has 0 unspecified atom stereocenters. The van der Waals surface area contributed by atoms with Crippen molar-refractivity contribution in [1.29, 1.82) is 0 Å². The number of furan rings is 1. The minimum atomic E-state index is -1.21. The van der Waals surface area contributed by atoms with Crippen molar-refractivity contribution in [3.63, 3.8) is 0 Å². The first-order valence-electron chi connectivity index (χ1n) is 6.97. The summed E-state index contributed by atoms with van der Waals surface area (Å²) in [5.74, 6) is -0.353. The maximum atomic E-state index is 12.5. The third-order valence-corrected chi connectivity index (χ3v) is 3.41. The van der Waals surface area contributed by atoms with Gasteiger partial charge in [-0.05, 0) is 19.1 Å². The van der Waals surface area contributed by atoms with E-state index >= 15 is 0 Å². The van der Waals surface area contributed by atoms with E-state index in [4.69, 9.17) is 9.15 Å². The van der Waals surface area contributed by atoms with E-state index in [0.29, 0.717) is 5.75 Å². The average Bonchev–Trinajstić information content (AvgIpc) is 2.88. The van der Waals surface area contributed by atoms with Gasteiger partial charge in [-0.2, -0.15) is 0 Å². The molecule has 3 aromatic rings. The predicted octanol–water partition coefficient (Wildman–Crippen LogP) is 2.08. The molecule has 7 heteroatoms. The van der Waals surface area contributed by atoms with Gasteiger partial charge in [0.15, 0.2) is 0 Å². The van der Waals surface area contributed by atoms with Crippen molar-refractivity contribution < 1.29 is 19.1 Å². The number of benzene rings is 1. The van der Waals surface area contributed by atoms with E-state index in [9.17, 15) is 14.7 Å². The van der Waals surface area contributed by atoms with Gasteiger partial charge < -0.3 is 14.3 Å². The number of aryl methyl sites for hydroxylation is 1. The molecule has 0 aliphatic rings. The van der Waals surface area contributed by atoms with Crippen molar-refractivity contribution in [1.82, 2.24) is 9.55 Å². The van der Waals surface area contributed by atoms with Crippen molar-refractivity contribution in [2.75, 3.05) is 6.61 Å². The Bertz CT molecular complexity index is 911. The van der Waals surface area contributed by atoms with Gasteiger partial charge in [0, 0.05) is 0 Å². The minimum absolute atomic E-state index is 0.0165. The SMILES string of the molecule is Cc1oc2ncn(CCOc3ccccc3)c(=O)c2c1C(=O)O. The second-order valence-corrected chi connectivity index (χ2v) is 4.92. The fourth-order valence-electron chi connectivity index (χ4n) is 2.33. The molecule has 1 N–H and O–H groups in total. The molecule has 0 fully saturated rings. The molecule has 23 heavy (non-hydrogen) atoms. The third-order valence-electron chi connectivity index (χ3n) is 3.41. The van der Waals surface area contributed by atoms with Crippen LogP contribution >= 0.6 is 0 Å². The van der Waals surface area contributed by atoms with Crippen LogP contribution in [0.25, 0.3) is 11.1 Å². The van der Waals surface area contributed by atoms with Gasteiger partial charge in [-0.3, -0.25) is 9.36 Å². The highest BCUT2D eigenvalue weighted by atomic mass is 16.5. The first kappa shape index (κ1) is 14.8. The topological polar surface area (TPSA) is 94.6 Å². The van der Waals surface area contributed by atoms with E-state index in [2.05, 4.69) is 4.98 Å². The van der Waals surface area contributed by atoms with Crippen LogP contribution in [-0.2, 0) is 6.54 Å². The van der Waals surface area contributed by atoms with Crippen LogP contribution in [0, 0.1) is 6.92 Å². The summed E-state index contributed by atoms with van der Waals surface area (Å²) in [6.07, 6.45) is 1.33. The van der Waals surface area contributed by atoms with E-state index in [0.717, 1.165) is 0 Å². The summed E-state index contributed by atoms with van der Waals surface area (Å²) >= 11 is 0. The molecular weight excluding hydrogens is 300 g/mol. The number of rotatable bonds is 5. The summed E-state index contributed by atoms with van der Waals surface area (Å²) in [4.78, 5) is 27.8. The van der Waals surface area contributed by atoms with Gasteiger partial charge >= 0.3 is 5.97 Å². The van der Waals surface area contributed by atoms with Gasteiger partial charge in [0.1, 0.15) is 35.4 Å². The van der Waals surface area contributed by atoms with Gasteiger partial charge in [0.05, 0.1) is 6.54 Å². The molecular formula is C16H14N2O5. The van der Waals surface area contributed by atoms with Crippen LogP contribution in [0.4, 0.5) is 0 Å². The zero-order chi connectivity index (χ0) is 16.4. The van der Waals surface area contributed by atoms with Gasteiger partial charge in [-0.25, -0.2) is 9.78 Å². The zero-order valence-electron chi connectivity index (χ0n) is 12.4. The minimum Gasteiger partial charge on any atom is -0.492 e. The highest BCUT2D eigenvalue weighted by Gasteiger charge is 2.22. The lowest BCUT2D eigenvalue weighted by atomic mass is 10.2. The number of hydrogen-bond acceptors (Lipinski definition) is 5. The molecule has 2 heterocycles. The smallest absolute Gasteiger partial charge is 0.340 e. The second-order valence-electron chi connectivity index (χ2n) is 4.92. The second kappa shape index (κ2) is 5.96. The molecule has 2 aromatic heterocycles. The molecule has 0 radical (unpaired) electrons. The fourth-order valence-corrected chi connectivity index (χ4v) is 2.33. The Balaban J connectivity index is 1.87. The van der Waals surface area contributed by atoms with Crippen molar-refractivity contribution in [3.05, 3.63) is 58.3 Å². The Hall–Kier alpha value is -3.09. The van der Waals surface area contributed by atoms with Crippen molar-refractivity contribution >= 4 is 17.1 Å². The summed E-state index contributed by atoms with van der Waals surface area (Å²) in [6, 6.07) is 9.20. The molecule has 118 valence electrons. The number of carbonyl (C=O) groups is 1. The number of carboxylic acids is 1. The molecule has 0 atom stereocenters. The van der Waals surface area contributed by atoms with Crippen LogP contribution in [0.3, 0.4) is 0 Å². The molecule has 0 aliphatic heterocycles. The number of para-hydroxylation sites is 1. The van der Waals surface area contributed by atoms with E-state index < -0.39 is 11.5 Å². The van der Waals surface area contributed by atoms with Crippen LogP contribution in [-0.4, -0.2) is 27.2 Å². The van der Waals surface area contributed by atoms with Crippen molar-refractivity contribution in [3.8, 4) is 5.75 Å². The maximum Gasteiger partial charge on any atom is 0.340 e. The lowest BCUT2D eigenvalue weighted by molar-refractivity contribution is 0.0697. The molecule has 3 rings (SSSR count). The number of ether oxygens (including phenoxy) is 1. The number of carboxylic acid groups (broad SMARTS) is 1. The molecule has 7 nitrogen and oxygen atoms in total. The molecule has 0 saturated heterocycles. The summed E-state index contributed by atoms with van der Waals surface area (Å²) in [7, 11) is 0. The highest BCUT2D eigenvalue weighted by molar-refractivity contribution is 6.02. The Morgan fingerprint density at radius 1 is 1.35 bits per heavy atom. The van der Waals surface area contributed by atoms with Gasteiger partial charge in [0.2, 0.25) is 5.71 Å². The molecule has 0 amide bonds. The van der Waals surface area contributed by atoms with E-state index in [1.165, 1.54) is 17.8 Å². The lowest BCUT2D eigenvalue weighted by Crippen LogP contribution is -2.24. The van der Waals surface area contributed by atoms with Crippen LogP contribution < -0.4 is 10.3 Å². The number of aromatic carboxylic acids is 1. The van der Waals surface area contributed by atoms with Crippen molar-refractivity contribution in [2.24, 2.45) is 0 Å². The van der Waals surface area contributed by atoms with Crippen LogP contribution in [0.5, 0.6) is 5.75 Å². The Morgan fingerprint density at radius 2 is 2.09 bits per heavy atom. The quantitative estimate of drug-likeness (QED) is 0.774. The third kappa shape index (κ3) is 2.80. The van der Waals surface area contributed by atoms with E-state index in [1.54, 1.807) is 0 Å². The number of aromatic nitrogens is 2. The maximum absolute atomic E-state index is 12.5. The molecule has 0 aliphatic carbocycles. The van der Waals surface area contributed by atoms with Crippen LogP contribution in [0.15, 0.2) is 45.9 Å². The summed E-state index contributed by atoms with van der Waals surface area (Å²) < 4.78 is 12.1. The monoisotopic (exact) mass is 314 g/mol. The zero-order valence-corrected chi connectivity index (χ0v) is 12.4. The molecule has 0 bridgehead atoms. The predicted molar refractivity (Wildman–Crippen MR) is 81.9 cm³/mol. The molecule has 1 aromatic carbocycles.